The molecule has 5 heteroatoms. The Morgan fingerprint density at radius 2 is 2.47 bits per heavy atom. The number of hydrogen-bond donors (Lipinski definition) is 1. The summed E-state index contributed by atoms with van der Waals surface area (Å²) < 4.78 is 6.16. The van der Waals surface area contributed by atoms with Gasteiger partial charge in [0.2, 0.25) is 0 Å². The van der Waals surface area contributed by atoms with Gasteiger partial charge in [-0.05, 0) is 34.5 Å². The number of halogens is 1. The molecule has 1 fully saturated rings. The molecule has 0 aliphatic carbocycles. The molecular weight excluding hydrogens is 284 g/mol. The largest absolute Gasteiger partial charge is 0.379 e. The van der Waals surface area contributed by atoms with Crippen LogP contribution in [0.25, 0.3) is 0 Å². The van der Waals surface area contributed by atoms with E-state index >= 15 is 0 Å². The summed E-state index contributed by atoms with van der Waals surface area (Å²) in [4.78, 5) is 16.3. The number of hydrogen-bond acceptors (Lipinski definition) is 4. The lowest BCUT2D eigenvalue weighted by molar-refractivity contribution is -0.127. The molecule has 1 aromatic rings. The van der Waals surface area contributed by atoms with Gasteiger partial charge in [-0.15, -0.1) is 0 Å². The van der Waals surface area contributed by atoms with Crippen LogP contribution in [-0.2, 0) is 16.0 Å². The van der Waals surface area contributed by atoms with Crippen molar-refractivity contribution in [2.75, 3.05) is 13.2 Å². The number of ether oxygens (including phenoxy) is 1. The molecule has 2 atom stereocenters. The summed E-state index contributed by atoms with van der Waals surface area (Å²) in [6.07, 6.45) is 3.74. The molecule has 0 radical (unpaired) electrons. The van der Waals surface area contributed by atoms with Gasteiger partial charge in [-0.25, -0.2) is 0 Å². The van der Waals surface area contributed by atoms with E-state index in [0.717, 1.165) is 10.0 Å². The van der Waals surface area contributed by atoms with Gasteiger partial charge in [0.15, 0.2) is 0 Å². The Bertz CT molecular complexity index is 438. The van der Waals surface area contributed by atoms with Crippen molar-refractivity contribution in [2.24, 2.45) is 11.1 Å². The third kappa shape index (κ3) is 2.56. The molecule has 2 heterocycles. The highest BCUT2D eigenvalue weighted by molar-refractivity contribution is 9.10. The fourth-order valence-electron chi connectivity index (χ4n) is 1.92. The van der Waals surface area contributed by atoms with E-state index < -0.39 is 5.41 Å². The maximum atomic E-state index is 12.3. The molecule has 0 bridgehead atoms. The second kappa shape index (κ2) is 4.84. The van der Waals surface area contributed by atoms with E-state index in [1.54, 1.807) is 12.4 Å². The van der Waals surface area contributed by atoms with E-state index in [1.165, 1.54) is 0 Å². The van der Waals surface area contributed by atoms with E-state index in [0.29, 0.717) is 19.6 Å². The molecule has 1 aliphatic rings. The second-order valence-corrected chi connectivity index (χ2v) is 5.57. The van der Waals surface area contributed by atoms with Crippen molar-refractivity contribution in [1.82, 2.24) is 4.98 Å². The van der Waals surface area contributed by atoms with Crippen LogP contribution in [0.15, 0.2) is 22.9 Å². The zero-order chi connectivity index (χ0) is 12.5. The third-order valence-corrected chi connectivity index (χ3v) is 3.71. The predicted octanol–water partition coefficient (Wildman–Crippen LogP) is 1.32. The minimum absolute atomic E-state index is 0.113. The highest BCUT2D eigenvalue weighted by Gasteiger charge is 2.43. The molecule has 4 nitrogen and oxygen atoms in total. The molecule has 92 valence electrons. The van der Waals surface area contributed by atoms with Crippen LogP contribution < -0.4 is 5.73 Å². The Hall–Kier alpha value is -0.780. The number of carbonyl (C=O) groups is 1. The summed E-state index contributed by atoms with van der Waals surface area (Å²) in [6.45, 7) is 2.74. The highest BCUT2D eigenvalue weighted by atomic mass is 79.9. The zero-order valence-corrected chi connectivity index (χ0v) is 11.2. The number of pyridine rings is 1. The van der Waals surface area contributed by atoms with Crippen LogP contribution in [0, 0.1) is 5.41 Å². The summed E-state index contributed by atoms with van der Waals surface area (Å²) >= 11 is 3.34. The van der Waals surface area contributed by atoms with Crippen molar-refractivity contribution in [3.8, 4) is 0 Å². The molecule has 0 saturated carbocycles. The molecule has 1 aliphatic heterocycles. The molecule has 1 aromatic heterocycles. The van der Waals surface area contributed by atoms with Crippen LogP contribution in [-0.4, -0.2) is 30.0 Å². The fourth-order valence-corrected chi connectivity index (χ4v) is 2.33. The second-order valence-electron chi connectivity index (χ2n) is 4.65. The normalized spacial score (nSPS) is 28.3. The van der Waals surface area contributed by atoms with Gasteiger partial charge < -0.3 is 10.5 Å². The maximum Gasteiger partial charge on any atom is 0.147 e. The van der Waals surface area contributed by atoms with Gasteiger partial charge in [0, 0.05) is 29.3 Å². The van der Waals surface area contributed by atoms with Crippen LogP contribution >= 0.6 is 15.9 Å². The molecule has 2 rings (SSSR count). The average Bonchev–Trinajstić information content (AvgIpc) is 2.60. The monoisotopic (exact) mass is 298 g/mol. The van der Waals surface area contributed by atoms with E-state index in [1.807, 2.05) is 13.0 Å². The van der Waals surface area contributed by atoms with Gasteiger partial charge in [-0.1, -0.05) is 0 Å². The molecule has 17 heavy (non-hydrogen) atoms. The average molecular weight is 299 g/mol. The molecule has 0 amide bonds. The Morgan fingerprint density at radius 1 is 1.71 bits per heavy atom. The number of Topliss-reactive ketones (excluding diaryl/α,β-unsaturated/α-hetero) is 1. The van der Waals surface area contributed by atoms with E-state index in [2.05, 4.69) is 20.9 Å². The zero-order valence-electron chi connectivity index (χ0n) is 9.65. The molecule has 2 unspecified atom stereocenters. The summed E-state index contributed by atoms with van der Waals surface area (Å²) in [7, 11) is 0. The Morgan fingerprint density at radius 3 is 3.06 bits per heavy atom. The van der Waals surface area contributed by atoms with Crippen molar-refractivity contribution in [3.63, 3.8) is 0 Å². The standard InChI is InChI=1S/C12H15BrN2O2/c1-12(7-17-6-10(12)14)11(16)3-8-2-9(13)5-15-4-8/h2,4-5,10H,3,6-7,14H2,1H3. The number of aromatic nitrogens is 1. The van der Waals surface area contributed by atoms with Gasteiger partial charge in [0.25, 0.3) is 0 Å². The Labute approximate surface area is 109 Å². The van der Waals surface area contributed by atoms with Gasteiger partial charge in [-0.3, -0.25) is 9.78 Å². The topological polar surface area (TPSA) is 65.2 Å². The van der Waals surface area contributed by atoms with Crippen LogP contribution in [0.5, 0.6) is 0 Å². The first kappa shape index (κ1) is 12.7. The third-order valence-electron chi connectivity index (χ3n) is 3.28. The molecule has 0 aromatic carbocycles. The minimum Gasteiger partial charge on any atom is -0.379 e. The lowest BCUT2D eigenvalue weighted by Gasteiger charge is -2.25. The molecular formula is C12H15BrN2O2. The van der Waals surface area contributed by atoms with Crippen molar-refractivity contribution in [3.05, 3.63) is 28.5 Å². The fraction of sp³-hybridized carbons (Fsp3) is 0.500. The van der Waals surface area contributed by atoms with Crippen molar-refractivity contribution >= 4 is 21.7 Å². The van der Waals surface area contributed by atoms with Gasteiger partial charge >= 0.3 is 0 Å². The van der Waals surface area contributed by atoms with Crippen LogP contribution in [0.2, 0.25) is 0 Å². The van der Waals surface area contributed by atoms with Crippen LogP contribution in [0.3, 0.4) is 0 Å². The number of rotatable bonds is 3. The van der Waals surface area contributed by atoms with Crippen molar-refractivity contribution in [1.29, 1.82) is 0 Å². The minimum atomic E-state index is -0.567. The molecule has 1 saturated heterocycles. The molecule has 0 spiro atoms. The first-order valence-electron chi connectivity index (χ1n) is 5.48. The first-order valence-corrected chi connectivity index (χ1v) is 6.28. The summed E-state index contributed by atoms with van der Waals surface area (Å²) in [5, 5.41) is 0. The lowest BCUT2D eigenvalue weighted by Crippen LogP contribution is -2.45. The lowest BCUT2D eigenvalue weighted by atomic mass is 9.79. The summed E-state index contributed by atoms with van der Waals surface area (Å²) in [6, 6.07) is 1.69. The quantitative estimate of drug-likeness (QED) is 0.914. The smallest absolute Gasteiger partial charge is 0.147 e. The Kier molecular flexibility index (Phi) is 3.61. The van der Waals surface area contributed by atoms with Crippen molar-refractivity contribution in [2.45, 2.75) is 19.4 Å². The van der Waals surface area contributed by atoms with Gasteiger partial charge in [-0.2, -0.15) is 0 Å². The van der Waals surface area contributed by atoms with Crippen LogP contribution in [0.4, 0.5) is 0 Å². The Balaban J connectivity index is 2.12. The number of nitrogens with zero attached hydrogens (tertiary/aromatic N) is 1. The highest BCUT2D eigenvalue weighted by Crippen LogP contribution is 2.29. The summed E-state index contributed by atoms with van der Waals surface area (Å²) in [5.41, 5.74) is 6.25. The van der Waals surface area contributed by atoms with Crippen LogP contribution in [0.1, 0.15) is 12.5 Å². The van der Waals surface area contributed by atoms with Crippen molar-refractivity contribution < 1.29 is 9.53 Å². The van der Waals surface area contributed by atoms with Gasteiger partial charge in [0.05, 0.1) is 18.6 Å². The number of carbonyl (C=O) groups excluding carboxylic acids is 1. The SMILES string of the molecule is CC1(C(=O)Cc2cncc(Br)c2)COCC1N. The first-order chi connectivity index (χ1) is 8.02. The number of ketones is 1. The van der Waals surface area contributed by atoms with Gasteiger partial charge in [0.1, 0.15) is 5.78 Å². The summed E-state index contributed by atoms with van der Waals surface area (Å²) in [5.74, 6) is 0.113. The predicted molar refractivity (Wildman–Crippen MR) is 67.5 cm³/mol. The van der Waals surface area contributed by atoms with E-state index in [9.17, 15) is 4.79 Å². The van der Waals surface area contributed by atoms with E-state index in [-0.39, 0.29) is 11.8 Å². The van der Waals surface area contributed by atoms with E-state index in [4.69, 9.17) is 10.5 Å². The molecule has 2 N–H and O–H groups in total. The number of nitrogens with two attached hydrogens (primary N) is 1. The maximum absolute atomic E-state index is 12.3.